The van der Waals surface area contributed by atoms with Crippen molar-refractivity contribution < 1.29 is 10.0 Å². The maximum Gasteiger partial charge on any atom is 0.220 e. The van der Waals surface area contributed by atoms with Crippen molar-refractivity contribution >= 4 is 5.96 Å². The van der Waals surface area contributed by atoms with Crippen LogP contribution in [0.4, 0.5) is 0 Å². The van der Waals surface area contributed by atoms with Gasteiger partial charge in [0.2, 0.25) is 5.72 Å². The van der Waals surface area contributed by atoms with Gasteiger partial charge in [0, 0.05) is 38.6 Å². The predicted molar refractivity (Wildman–Crippen MR) is 145 cm³/mol. The third-order valence-corrected chi connectivity index (χ3v) is 7.74. The molecule has 3 atom stereocenters. The molecule has 34 heavy (non-hydrogen) atoms. The Kier molecular flexibility index (Phi) is 14.2. The van der Waals surface area contributed by atoms with Gasteiger partial charge < -0.3 is 16.6 Å². The smallest absolute Gasteiger partial charge is 0.220 e. The summed E-state index contributed by atoms with van der Waals surface area (Å²) in [5.74, 6) is 1.05. The Hall–Kier alpha value is -1.11. The van der Waals surface area contributed by atoms with Gasteiger partial charge in [0.25, 0.3) is 0 Å². The van der Waals surface area contributed by atoms with Crippen LogP contribution in [0.2, 0.25) is 0 Å². The first-order valence-electron chi connectivity index (χ1n) is 14.5. The van der Waals surface area contributed by atoms with E-state index in [4.69, 9.17) is 11.5 Å². The van der Waals surface area contributed by atoms with Gasteiger partial charge in [-0.3, -0.25) is 14.8 Å². The molecule has 0 aromatic carbocycles. The molecule has 6 N–H and O–H groups in total. The molecule has 0 saturated carbocycles. The summed E-state index contributed by atoms with van der Waals surface area (Å²) in [6, 6.07) is 0. The molecular formula is C28H56N5O+. The second-order valence-electron chi connectivity index (χ2n) is 11.2. The molecule has 0 amide bonds. The number of hydrogen-bond acceptors (Lipinski definition) is 3. The summed E-state index contributed by atoms with van der Waals surface area (Å²) in [6.45, 7) is 8.68. The Morgan fingerprint density at radius 3 is 2.24 bits per heavy atom. The lowest BCUT2D eigenvalue weighted by molar-refractivity contribution is -0.995. The van der Waals surface area contributed by atoms with Crippen molar-refractivity contribution in [2.24, 2.45) is 22.4 Å². The van der Waals surface area contributed by atoms with Gasteiger partial charge in [-0.25, -0.2) is 0 Å². The summed E-state index contributed by atoms with van der Waals surface area (Å²) in [5.41, 5.74) is 10.1. The molecule has 0 aromatic heterocycles. The van der Waals surface area contributed by atoms with Crippen molar-refractivity contribution in [2.75, 3.05) is 26.2 Å². The summed E-state index contributed by atoms with van der Waals surface area (Å²) >= 11 is 0. The van der Waals surface area contributed by atoms with Crippen molar-refractivity contribution in [3.05, 3.63) is 12.2 Å². The van der Waals surface area contributed by atoms with E-state index < -0.39 is 5.72 Å². The minimum Gasteiger partial charge on any atom is -0.370 e. The molecule has 0 aliphatic carbocycles. The molecule has 3 unspecified atom stereocenters. The molecule has 2 aliphatic rings. The number of nitrogens with zero attached hydrogens (tertiary/aromatic N) is 2. The van der Waals surface area contributed by atoms with Gasteiger partial charge in [-0.15, -0.1) is 0 Å². The van der Waals surface area contributed by atoms with Crippen LogP contribution in [0, 0.1) is 5.92 Å². The van der Waals surface area contributed by atoms with Crippen LogP contribution >= 0.6 is 0 Å². The summed E-state index contributed by atoms with van der Waals surface area (Å²) in [7, 11) is 0. The molecule has 0 bridgehead atoms. The van der Waals surface area contributed by atoms with Gasteiger partial charge in [0.1, 0.15) is 0 Å². The quantitative estimate of drug-likeness (QED) is 0.0979. The summed E-state index contributed by atoms with van der Waals surface area (Å²) < 4.78 is 0. The Morgan fingerprint density at radius 2 is 1.59 bits per heavy atom. The number of guanidine groups is 1. The highest BCUT2D eigenvalue weighted by atomic mass is 16.3. The van der Waals surface area contributed by atoms with Gasteiger partial charge in [-0.2, -0.15) is 0 Å². The predicted octanol–water partition coefficient (Wildman–Crippen LogP) is 3.94. The number of quaternary nitrogens is 1. The zero-order valence-electron chi connectivity index (χ0n) is 22.4. The standard InChI is InChI=1S/C28H55N5O/c1-25(2)17-12-9-7-5-3-4-6-8-10-13-19-28(34)20-18-26-32(23-16-24-33(26)28)22-15-11-14-21-31-27(29)30/h18,20,25-26,34H,3-17,19,21-24H2,1-2H3,(H4,29,30,31)/p+1. The molecule has 0 radical (unpaired) electrons. The second kappa shape index (κ2) is 16.5. The number of nitrogens with one attached hydrogen (secondary N) is 1. The number of aliphatic imine (C=N–C) groups is 1. The molecule has 198 valence electrons. The highest BCUT2D eigenvalue weighted by Crippen LogP contribution is 2.21. The van der Waals surface area contributed by atoms with E-state index in [9.17, 15) is 5.11 Å². The van der Waals surface area contributed by atoms with E-state index in [0.717, 1.165) is 64.2 Å². The monoisotopic (exact) mass is 478 g/mol. The summed E-state index contributed by atoms with van der Waals surface area (Å²) in [4.78, 5) is 7.99. The average molecular weight is 479 g/mol. The van der Waals surface area contributed by atoms with Crippen LogP contribution in [-0.4, -0.2) is 54.0 Å². The number of unbranched alkanes of at least 4 members (excludes halogenated alkanes) is 11. The Balaban J connectivity index is 1.53. The maximum absolute atomic E-state index is 11.4. The van der Waals surface area contributed by atoms with Gasteiger partial charge in [-0.1, -0.05) is 84.5 Å². The van der Waals surface area contributed by atoms with Crippen LogP contribution in [-0.2, 0) is 0 Å². The lowest BCUT2D eigenvalue weighted by Crippen LogP contribution is -3.24. The normalized spacial score (nSPS) is 24.6. The fraction of sp³-hybridized carbons (Fsp3) is 0.893. The van der Waals surface area contributed by atoms with E-state index in [1.165, 1.54) is 75.5 Å². The lowest BCUT2D eigenvalue weighted by atomic mass is 10.0. The van der Waals surface area contributed by atoms with E-state index in [0.29, 0.717) is 6.17 Å². The molecule has 2 rings (SSSR count). The van der Waals surface area contributed by atoms with Crippen LogP contribution < -0.4 is 16.4 Å². The van der Waals surface area contributed by atoms with Crippen LogP contribution in [0.15, 0.2) is 17.1 Å². The van der Waals surface area contributed by atoms with Crippen molar-refractivity contribution in [1.82, 2.24) is 4.90 Å². The van der Waals surface area contributed by atoms with E-state index in [-0.39, 0.29) is 5.96 Å². The van der Waals surface area contributed by atoms with Gasteiger partial charge in [-0.05, 0) is 31.3 Å². The van der Waals surface area contributed by atoms with E-state index in [1.54, 1.807) is 0 Å². The fourth-order valence-electron chi connectivity index (χ4n) is 5.72. The minimum atomic E-state index is -0.660. The first-order chi connectivity index (χ1) is 16.4. The first-order valence-corrected chi connectivity index (χ1v) is 14.5. The van der Waals surface area contributed by atoms with Gasteiger partial charge >= 0.3 is 0 Å². The SMILES string of the molecule is CC(C)CCCCCCCCCCCCC1(O)C=CC2N(CCCCCN=C(N)N)CCC[NH+]21. The number of rotatable bonds is 19. The van der Waals surface area contributed by atoms with Gasteiger partial charge in [0.05, 0.1) is 6.54 Å². The van der Waals surface area contributed by atoms with Crippen LogP contribution in [0.25, 0.3) is 0 Å². The Morgan fingerprint density at radius 1 is 0.971 bits per heavy atom. The van der Waals surface area contributed by atoms with Crippen molar-refractivity contribution in [3.8, 4) is 0 Å². The average Bonchev–Trinajstić information content (AvgIpc) is 3.14. The summed E-state index contributed by atoms with van der Waals surface area (Å²) in [6.07, 6.45) is 25.0. The highest BCUT2D eigenvalue weighted by molar-refractivity contribution is 5.75. The number of fused-ring (bicyclic) bond motifs is 1. The summed E-state index contributed by atoms with van der Waals surface area (Å²) in [5, 5.41) is 11.4. The van der Waals surface area contributed by atoms with Crippen molar-refractivity contribution in [2.45, 2.75) is 128 Å². The molecule has 0 spiro atoms. The van der Waals surface area contributed by atoms with E-state index in [1.807, 2.05) is 0 Å². The second-order valence-corrected chi connectivity index (χ2v) is 11.2. The van der Waals surface area contributed by atoms with E-state index in [2.05, 4.69) is 35.9 Å². The largest absolute Gasteiger partial charge is 0.370 e. The van der Waals surface area contributed by atoms with Crippen LogP contribution in [0.5, 0.6) is 0 Å². The molecule has 6 nitrogen and oxygen atoms in total. The highest BCUT2D eigenvalue weighted by Gasteiger charge is 2.48. The molecule has 0 aromatic rings. The molecule has 2 aliphatic heterocycles. The Bertz CT molecular complexity index is 589. The number of aliphatic hydroxyl groups is 1. The topological polar surface area (TPSA) is 92.3 Å². The van der Waals surface area contributed by atoms with Gasteiger partial charge in [0.15, 0.2) is 12.1 Å². The number of hydrogen-bond donors (Lipinski definition) is 4. The van der Waals surface area contributed by atoms with Crippen LogP contribution in [0.1, 0.15) is 117 Å². The molecule has 1 saturated heterocycles. The van der Waals surface area contributed by atoms with Crippen molar-refractivity contribution in [3.63, 3.8) is 0 Å². The molecule has 6 heteroatoms. The molecule has 2 heterocycles. The fourth-order valence-corrected chi connectivity index (χ4v) is 5.72. The third-order valence-electron chi connectivity index (χ3n) is 7.74. The molecular weight excluding hydrogens is 422 g/mol. The maximum atomic E-state index is 11.4. The number of nitrogens with two attached hydrogens (primary N) is 2. The van der Waals surface area contributed by atoms with Crippen LogP contribution in [0.3, 0.4) is 0 Å². The third kappa shape index (κ3) is 11.1. The minimum absolute atomic E-state index is 0.188. The lowest BCUT2D eigenvalue weighted by Gasteiger charge is -2.42. The Labute approximate surface area is 210 Å². The molecule has 1 fully saturated rings. The first kappa shape index (κ1) is 29.1. The van der Waals surface area contributed by atoms with Crippen molar-refractivity contribution in [1.29, 1.82) is 0 Å². The van der Waals surface area contributed by atoms with E-state index >= 15 is 0 Å². The zero-order valence-corrected chi connectivity index (χ0v) is 22.4. The zero-order chi connectivity index (χ0) is 24.7.